The van der Waals surface area contributed by atoms with Crippen LogP contribution in [-0.4, -0.2) is 25.6 Å². The number of nitrogens with two attached hydrogens (primary N) is 1. The van der Waals surface area contributed by atoms with E-state index in [1.165, 1.54) is 0 Å². The predicted octanol–water partition coefficient (Wildman–Crippen LogP) is 2.53. The lowest BCUT2D eigenvalue weighted by Crippen LogP contribution is -2.11. The van der Waals surface area contributed by atoms with Crippen molar-refractivity contribution < 1.29 is 9.90 Å². The van der Waals surface area contributed by atoms with Gasteiger partial charge < -0.3 is 15.4 Å². The molecule has 4 rings (SSSR count). The van der Waals surface area contributed by atoms with Crippen LogP contribution in [0.1, 0.15) is 21.5 Å². The monoisotopic (exact) mass is 320 g/mol. The fourth-order valence-electron chi connectivity index (χ4n) is 3.52. The molecule has 3 N–H and O–H groups in total. The summed E-state index contributed by atoms with van der Waals surface area (Å²) >= 11 is 0. The van der Waals surface area contributed by atoms with Crippen molar-refractivity contribution in [2.45, 2.75) is 12.8 Å². The second kappa shape index (κ2) is 5.19. The molecule has 1 aliphatic carbocycles. The van der Waals surface area contributed by atoms with Crippen LogP contribution >= 0.6 is 0 Å². The van der Waals surface area contributed by atoms with Gasteiger partial charge in [0.05, 0.1) is 22.6 Å². The second-order valence-corrected chi connectivity index (χ2v) is 5.88. The molecule has 0 bridgehead atoms. The minimum absolute atomic E-state index is 0.195. The molecule has 6 nitrogen and oxygen atoms in total. The highest BCUT2D eigenvalue weighted by Gasteiger charge is 2.31. The third kappa shape index (κ3) is 2.00. The number of fused-ring (bicyclic) bond motifs is 3. The van der Waals surface area contributed by atoms with E-state index in [-0.39, 0.29) is 5.95 Å². The van der Waals surface area contributed by atoms with Gasteiger partial charge in [-0.25, -0.2) is 14.8 Å². The first kappa shape index (κ1) is 14.4. The van der Waals surface area contributed by atoms with Crippen molar-refractivity contribution in [3.8, 4) is 22.6 Å². The van der Waals surface area contributed by atoms with Crippen LogP contribution in [0, 0.1) is 0 Å². The Morgan fingerprint density at radius 2 is 1.96 bits per heavy atom. The summed E-state index contributed by atoms with van der Waals surface area (Å²) in [7, 11) is 1.88. The zero-order chi connectivity index (χ0) is 16.8. The number of carboxylic acids is 1. The summed E-state index contributed by atoms with van der Waals surface area (Å²) in [6.07, 6.45) is 3.09. The minimum atomic E-state index is -0.920. The van der Waals surface area contributed by atoms with Crippen LogP contribution in [0.15, 0.2) is 36.5 Å². The van der Waals surface area contributed by atoms with Crippen LogP contribution in [0.4, 0.5) is 5.95 Å². The maximum absolute atomic E-state index is 12.0. The predicted molar refractivity (Wildman–Crippen MR) is 90.7 cm³/mol. The maximum atomic E-state index is 12.0. The van der Waals surface area contributed by atoms with Crippen molar-refractivity contribution in [1.82, 2.24) is 14.5 Å². The molecule has 0 spiro atoms. The molecule has 0 aliphatic heterocycles. The molecule has 0 saturated carbocycles. The molecule has 2 aromatic heterocycles. The first-order valence-corrected chi connectivity index (χ1v) is 7.70. The summed E-state index contributed by atoms with van der Waals surface area (Å²) in [6, 6.07) is 9.56. The number of rotatable bonds is 2. The van der Waals surface area contributed by atoms with Crippen molar-refractivity contribution in [3.05, 3.63) is 53.2 Å². The maximum Gasteiger partial charge on any atom is 0.338 e. The van der Waals surface area contributed by atoms with Crippen LogP contribution in [0.5, 0.6) is 0 Å². The quantitative estimate of drug-likeness (QED) is 0.756. The Hall–Kier alpha value is -3.15. The van der Waals surface area contributed by atoms with Gasteiger partial charge in [0.2, 0.25) is 5.95 Å². The summed E-state index contributed by atoms with van der Waals surface area (Å²) < 4.78 is 1.92. The van der Waals surface area contributed by atoms with Gasteiger partial charge in [-0.1, -0.05) is 30.3 Å². The van der Waals surface area contributed by atoms with Gasteiger partial charge in [-0.05, 0) is 29.5 Å². The molecule has 3 aromatic rings. The van der Waals surface area contributed by atoms with Gasteiger partial charge in [0.25, 0.3) is 0 Å². The largest absolute Gasteiger partial charge is 0.478 e. The van der Waals surface area contributed by atoms with E-state index in [2.05, 4.69) is 9.97 Å². The van der Waals surface area contributed by atoms with E-state index in [4.69, 9.17) is 5.73 Å². The molecule has 24 heavy (non-hydrogen) atoms. The first-order chi connectivity index (χ1) is 11.6. The van der Waals surface area contributed by atoms with E-state index in [0.717, 1.165) is 28.1 Å². The van der Waals surface area contributed by atoms with Gasteiger partial charge in [0, 0.05) is 13.2 Å². The van der Waals surface area contributed by atoms with Crippen LogP contribution in [0.2, 0.25) is 0 Å². The molecule has 0 amide bonds. The van der Waals surface area contributed by atoms with Crippen LogP contribution in [0.25, 0.3) is 22.6 Å². The normalized spacial score (nSPS) is 12.5. The van der Waals surface area contributed by atoms with Gasteiger partial charge in [-0.2, -0.15) is 0 Å². The molecular formula is C18H16N4O2. The summed E-state index contributed by atoms with van der Waals surface area (Å²) in [4.78, 5) is 20.4. The number of nitrogens with zero attached hydrogens (tertiary/aromatic N) is 3. The lowest BCUT2D eigenvalue weighted by atomic mass is 9.92. The Kier molecular flexibility index (Phi) is 3.13. The molecule has 0 fully saturated rings. The number of hydrogen-bond acceptors (Lipinski definition) is 4. The van der Waals surface area contributed by atoms with E-state index in [0.29, 0.717) is 24.1 Å². The molecule has 0 saturated heterocycles. The topological polar surface area (TPSA) is 94.0 Å². The average molecular weight is 320 g/mol. The lowest BCUT2D eigenvalue weighted by molar-refractivity contribution is 0.0696. The van der Waals surface area contributed by atoms with Crippen molar-refractivity contribution in [3.63, 3.8) is 0 Å². The summed E-state index contributed by atoms with van der Waals surface area (Å²) in [5.74, 6) is -0.725. The van der Waals surface area contributed by atoms with E-state index >= 15 is 0 Å². The summed E-state index contributed by atoms with van der Waals surface area (Å²) in [5.41, 5.74) is 11.0. The van der Waals surface area contributed by atoms with Gasteiger partial charge in [-0.3, -0.25) is 0 Å². The van der Waals surface area contributed by atoms with Crippen molar-refractivity contribution >= 4 is 11.9 Å². The molecule has 0 atom stereocenters. The zero-order valence-corrected chi connectivity index (χ0v) is 13.2. The number of aromatic carboxylic acids is 1. The minimum Gasteiger partial charge on any atom is -0.478 e. The molecule has 1 aliphatic rings. The SMILES string of the molecule is Cn1c2c(c(C(=O)O)c1-c1ccccc1)CCc1cnc(N)nc1-2. The van der Waals surface area contributed by atoms with E-state index in [1.807, 2.05) is 41.9 Å². The number of aromatic nitrogens is 3. The highest BCUT2D eigenvalue weighted by Crippen LogP contribution is 2.40. The average Bonchev–Trinajstić information content (AvgIpc) is 2.89. The van der Waals surface area contributed by atoms with Gasteiger partial charge in [-0.15, -0.1) is 0 Å². The number of nitrogen functional groups attached to an aromatic ring is 1. The Morgan fingerprint density at radius 1 is 1.21 bits per heavy atom. The molecular weight excluding hydrogens is 304 g/mol. The second-order valence-electron chi connectivity index (χ2n) is 5.88. The first-order valence-electron chi connectivity index (χ1n) is 7.70. The van der Waals surface area contributed by atoms with E-state index in [1.54, 1.807) is 6.20 Å². The highest BCUT2D eigenvalue weighted by molar-refractivity contribution is 6.00. The van der Waals surface area contributed by atoms with Gasteiger partial charge >= 0.3 is 5.97 Å². The smallest absolute Gasteiger partial charge is 0.338 e. The highest BCUT2D eigenvalue weighted by atomic mass is 16.4. The van der Waals surface area contributed by atoms with Crippen LogP contribution < -0.4 is 5.73 Å². The Balaban J connectivity index is 2.07. The molecule has 0 radical (unpaired) electrons. The van der Waals surface area contributed by atoms with Gasteiger partial charge in [0.15, 0.2) is 0 Å². The van der Waals surface area contributed by atoms with Crippen LogP contribution in [0.3, 0.4) is 0 Å². The fraction of sp³-hybridized carbons (Fsp3) is 0.167. The number of carbonyl (C=O) groups is 1. The third-order valence-electron chi connectivity index (χ3n) is 4.51. The zero-order valence-electron chi connectivity index (χ0n) is 13.2. The standard InChI is InChI=1S/C18H16N4O2/c1-22-15(10-5-3-2-4-6-10)13(17(23)24)12-8-7-11-9-20-18(19)21-14(11)16(12)22/h2-6,9H,7-8H2,1H3,(H,23,24)(H2,19,20,21). The fourth-order valence-corrected chi connectivity index (χ4v) is 3.52. The number of aryl methyl sites for hydroxylation is 1. The molecule has 2 heterocycles. The number of anilines is 1. The Labute approximate surface area is 138 Å². The van der Waals surface area contributed by atoms with Crippen LogP contribution in [-0.2, 0) is 19.9 Å². The molecule has 120 valence electrons. The molecule has 0 unspecified atom stereocenters. The van der Waals surface area contributed by atoms with E-state index in [9.17, 15) is 9.90 Å². The van der Waals surface area contributed by atoms with Crippen molar-refractivity contribution in [2.75, 3.05) is 5.73 Å². The number of hydrogen-bond donors (Lipinski definition) is 2. The number of benzene rings is 1. The third-order valence-corrected chi connectivity index (χ3v) is 4.51. The summed E-state index contributed by atoms with van der Waals surface area (Å²) in [5, 5.41) is 9.83. The summed E-state index contributed by atoms with van der Waals surface area (Å²) in [6.45, 7) is 0. The lowest BCUT2D eigenvalue weighted by Gasteiger charge is -2.17. The Bertz CT molecular complexity index is 961. The van der Waals surface area contributed by atoms with Gasteiger partial charge in [0.1, 0.15) is 0 Å². The van der Waals surface area contributed by atoms with Crippen molar-refractivity contribution in [1.29, 1.82) is 0 Å². The van der Waals surface area contributed by atoms with E-state index < -0.39 is 5.97 Å². The molecule has 1 aromatic carbocycles. The van der Waals surface area contributed by atoms with Crippen molar-refractivity contribution in [2.24, 2.45) is 7.05 Å². The molecule has 6 heteroatoms. The number of carboxylic acid groups (broad SMARTS) is 1. The Morgan fingerprint density at radius 3 is 2.67 bits per heavy atom.